The van der Waals surface area contributed by atoms with Crippen molar-refractivity contribution in [3.8, 4) is 0 Å². The molecule has 1 amide bonds. The normalized spacial score (nSPS) is 11.8. The van der Waals surface area contributed by atoms with Crippen molar-refractivity contribution in [3.63, 3.8) is 0 Å². The lowest BCUT2D eigenvalue weighted by molar-refractivity contribution is -0.122. The lowest BCUT2D eigenvalue weighted by Gasteiger charge is -2.16. The third-order valence-corrected chi connectivity index (χ3v) is 3.16. The van der Waals surface area contributed by atoms with Gasteiger partial charge >= 0.3 is 0 Å². The quantitative estimate of drug-likeness (QED) is 0.823. The van der Waals surface area contributed by atoms with E-state index in [4.69, 9.17) is 5.73 Å². The lowest BCUT2D eigenvalue weighted by atomic mass is 9.91. The van der Waals surface area contributed by atoms with Crippen LogP contribution in [0.4, 0.5) is 5.69 Å². The maximum Gasteiger partial charge on any atom is 0.227 e. The van der Waals surface area contributed by atoms with Crippen LogP contribution >= 0.6 is 0 Å². The van der Waals surface area contributed by atoms with E-state index < -0.39 is 0 Å². The molecule has 0 aliphatic rings. The largest absolute Gasteiger partial charge is 0.399 e. The summed E-state index contributed by atoms with van der Waals surface area (Å²) in [6.45, 7) is 0. The summed E-state index contributed by atoms with van der Waals surface area (Å²) in [5.41, 5.74) is 8.59. The fraction of sp³-hybridized carbons (Fsp3) is 0.188. The molecule has 0 fully saturated rings. The first-order valence-corrected chi connectivity index (χ1v) is 6.31. The Morgan fingerprint density at radius 3 is 2.53 bits per heavy atom. The molecule has 98 valence electrons. The number of benzene rings is 2. The van der Waals surface area contributed by atoms with Crippen LogP contribution in [-0.2, 0) is 11.2 Å². The zero-order chi connectivity index (χ0) is 13.7. The van der Waals surface area contributed by atoms with E-state index in [0.717, 1.165) is 16.8 Å². The number of nitrogens with one attached hydrogen (secondary N) is 1. The Bertz CT molecular complexity index is 552. The van der Waals surface area contributed by atoms with Gasteiger partial charge in [0.1, 0.15) is 0 Å². The number of amides is 1. The van der Waals surface area contributed by atoms with Gasteiger partial charge in [0.05, 0.1) is 5.92 Å². The van der Waals surface area contributed by atoms with E-state index in [1.807, 2.05) is 54.6 Å². The van der Waals surface area contributed by atoms with Crippen molar-refractivity contribution >= 4 is 11.6 Å². The molecule has 0 bridgehead atoms. The Kier molecular flexibility index (Phi) is 4.18. The van der Waals surface area contributed by atoms with Crippen LogP contribution in [0.25, 0.3) is 0 Å². The minimum atomic E-state index is -0.187. The smallest absolute Gasteiger partial charge is 0.227 e. The molecule has 0 saturated carbocycles. The van der Waals surface area contributed by atoms with E-state index in [-0.39, 0.29) is 11.8 Å². The van der Waals surface area contributed by atoms with Crippen LogP contribution in [-0.4, -0.2) is 13.0 Å². The molecule has 2 aromatic carbocycles. The molecule has 0 aromatic heterocycles. The molecule has 3 nitrogen and oxygen atoms in total. The van der Waals surface area contributed by atoms with E-state index in [9.17, 15) is 4.79 Å². The molecule has 0 radical (unpaired) electrons. The van der Waals surface area contributed by atoms with Crippen molar-refractivity contribution in [1.29, 1.82) is 0 Å². The number of carbonyl (C=O) groups is 1. The standard InChI is InChI=1S/C16H18N2O/c1-18-16(19)15(13-7-3-2-4-8-13)11-12-6-5-9-14(17)10-12/h2-10,15H,11,17H2,1H3,(H,18,19). The molecule has 0 aliphatic heterocycles. The van der Waals surface area contributed by atoms with Crippen LogP contribution in [0.3, 0.4) is 0 Å². The molecule has 0 heterocycles. The first kappa shape index (κ1) is 13.1. The predicted molar refractivity (Wildman–Crippen MR) is 77.8 cm³/mol. The van der Waals surface area contributed by atoms with Gasteiger partial charge in [0, 0.05) is 12.7 Å². The number of rotatable bonds is 4. The second-order valence-corrected chi connectivity index (χ2v) is 4.53. The van der Waals surface area contributed by atoms with E-state index >= 15 is 0 Å². The molecule has 19 heavy (non-hydrogen) atoms. The first-order chi connectivity index (χ1) is 9.20. The summed E-state index contributed by atoms with van der Waals surface area (Å²) < 4.78 is 0. The van der Waals surface area contributed by atoms with Gasteiger partial charge in [0.2, 0.25) is 5.91 Å². The number of hydrogen-bond acceptors (Lipinski definition) is 2. The van der Waals surface area contributed by atoms with Crippen LogP contribution in [0.1, 0.15) is 17.0 Å². The predicted octanol–water partition coefficient (Wildman–Crippen LogP) is 2.34. The zero-order valence-electron chi connectivity index (χ0n) is 11.0. The summed E-state index contributed by atoms with van der Waals surface area (Å²) in [6, 6.07) is 17.5. The summed E-state index contributed by atoms with van der Waals surface area (Å²) in [4.78, 5) is 12.1. The average molecular weight is 254 g/mol. The zero-order valence-corrected chi connectivity index (χ0v) is 11.0. The molecule has 2 aromatic rings. The summed E-state index contributed by atoms with van der Waals surface area (Å²) in [6.07, 6.45) is 0.648. The van der Waals surface area contributed by atoms with Crippen molar-refractivity contribution in [2.24, 2.45) is 0 Å². The highest BCUT2D eigenvalue weighted by Crippen LogP contribution is 2.22. The van der Waals surface area contributed by atoms with Crippen molar-refractivity contribution < 1.29 is 4.79 Å². The third kappa shape index (κ3) is 3.35. The molecular weight excluding hydrogens is 236 g/mol. The molecule has 0 spiro atoms. The maximum atomic E-state index is 12.1. The van der Waals surface area contributed by atoms with Gasteiger partial charge in [-0.1, -0.05) is 42.5 Å². The summed E-state index contributed by atoms with van der Waals surface area (Å²) >= 11 is 0. The molecule has 3 heteroatoms. The van der Waals surface area contributed by atoms with Gasteiger partial charge in [0.15, 0.2) is 0 Å². The van der Waals surface area contributed by atoms with Crippen molar-refractivity contribution in [2.45, 2.75) is 12.3 Å². The number of carbonyl (C=O) groups excluding carboxylic acids is 1. The minimum absolute atomic E-state index is 0.0219. The van der Waals surface area contributed by atoms with E-state index in [1.54, 1.807) is 7.05 Å². The Morgan fingerprint density at radius 2 is 1.89 bits per heavy atom. The van der Waals surface area contributed by atoms with Crippen molar-refractivity contribution in [3.05, 3.63) is 65.7 Å². The van der Waals surface area contributed by atoms with Crippen LogP contribution in [0.5, 0.6) is 0 Å². The Hall–Kier alpha value is -2.29. The SMILES string of the molecule is CNC(=O)C(Cc1cccc(N)c1)c1ccccc1. The first-order valence-electron chi connectivity index (χ1n) is 6.31. The molecule has 3 N–H and O–H groups in total. The topological polar surface area (TPSA) is 55.1 Å². The Labute approximate surface area is 113 Å². The van der Waals surface area contributed by atoms with Crippen molar-refractivity contribution in [1.82, 2.24) is 5.32 Å². The molecular formula is C16H18N2O. The number of hydrogen-bond donors (Lipinski definition) is 2. The third-order valence-electron chi connectivity index (χ3n) is 3.16. The van der Waals surface area contributed by atoms with Crippen LogP contribution in [0.2, 0.25) is 0 Å². The van der Waals surface area contributed by atoms with E-state index in [0.29, 0.717) is 6.42 Å². The van der Waals surface area contributed by atoms with Crippen LogP contribution < -0.4 is 11.1 Å². The van der Waals surface area contributed by atoms with Crippen LogP contribution in [0, 0.1) is 0 Å². The highest BCUT2D eigenvalue weighted by molar-refractivity contribution is 5.83. The molecule has 1 atom stereocenters. The number of anilines is 1. The van der Waals surface area contributed by atoms with Gasteiger partial charge in [0.25, 0.3) is 0 Å². The molecule has 2 rings (SSSR count). The van der Waals surface area contributed by atoms with Gasteiger partial charge in [-0.15, -0.1) is 0 Å². The molecule has 1 unspecified atom stereocenters. The Balaban J connectivity index is 2.27. The van der Waals surface area contributed by atoms with Gasteiger partial charge in [-0.3, -0.25) is 4.79 Å². The fourth-order valence-electron chi connectivity index (χ4n) is 2.18. The monoisotopic (exact) mass is 254 g/mol. The maximum absolute atomic E-state index is 12.1. The highest BCUT2D eigenvalue weighted by atomic mass is 16.1. The minimum Gasteiger partial charge on any atom is -0.399 e. The lowest BCUT2D eigenvalue weighted by Crippen LogP contribution is -2.27. The average Bonchev–Trinajstić information content (AvgIpc) is 2.45. The number of nitrogen functional groups attached to an aromatic ring is 1. The molecule has 0 aliphatic carbocycles. The number of likely N-dealkylation sites (N-methyl/N-ethyl adjacent to an activating group) is 1. The Morgan fingerprint density at radius 1 is 1.16 bits per heavy atom. The molecule has 0 saturated heterocycles. The van der Waals surface area contributed by atoms with Gasteiger partial charge < -0.3 is 11.1 Å². The second-order valence-electron chi connectivity index (χ2n) is 4.53. The van der Waals surface area contributed by atoms with E-state index in [1.165, 1.54) is 0 Å². The summed E-state index contributed by atoms with van der Waals surface area (Å²) in [5, 5.41) is 2.73. The fourth-order valence-corrected chi connectivity index (χ4v) is 2.18. The number of nitrogens with two attached hydrogens (primary N) is 1. The summed E-state index contributed by atoms with van der Waals surface area (Å²) in [7, 11) is 1.66. The van der Waals surface area contributed by atoms with Gasteiger partial charge in [-0.2, -0.15) is 0 Å². The highest BCUT2D eigenvalue weighted by Gasteiger charge is 2.19. The van der Waals surface area contributed by atoms with E-state index in [2.05, 4.69) is 5.32 Å². The van der Waals surface area contributed by atoms with Crippen LogP contribution in [0.15, 0.2) is 54.6 Å². The van der Waals surface area contributed by atoms with Gasteiger partial charge in [-0.25, -0.2) is 0 Å². The van der Waals surface area contributed by atoms with Gasteiger partial charge in [-0.05, 0) is 29.7 Å². The summed E-state index contributed by atoms with van der Waals surface area (Å²) in [5.74, 6) is -0.165. The second kappa shape index (κ2) is 6.05. The van der Waals surface area contributed by atoms with Crippen molar-refractivity contribution in [2.75, 3.05) is 12.8 Å².